The summed E-state index contributed by atoms with van der Waals surface area (Å²) in [7, 11) is 1.81. The first kappa shape index (κ1) is 14.8. The summed E-state index contributed by atoms with van der Waals surface area (Å²) >= 11 is 3.69. The first-order valence-electron chi connectivity index (χ1n) is 7.58. The minimum absolute atomic E-state index is 0.0256. The molecule has 2 heterocycles. The van der Waals surface area contributed by atoms with Crippen molar-refractivity contribution in [3.05, 3.63) is 22.9 Å². The maximum Gasteiger partial charge on any atom is 0.264 e. The molecule has 5 nitrogen and oxygen atoms in total. The number of nitrogens with zero attached hydrogens (tertiary/aromatic N) is 4. The van der Waals surface area contributed by atoms with Gasteiger partial charge >= 0.3 is 0 Å². The largest absolute Gasteiger partial charge is 0.298 e. The van der Waals surface area contributed by atoms with E-state index in [1.807, 2.05) is 7.05 Å². The van der Waals surface area contributed by atoms with Crippen LogP contribution in [0.15, 0.2) is 17.3 Å². The number of halogens is 1. The first-order chi connectivity index (χ1) is 10.2. The number of aryl methyl sites for hydroxylation is 1. The lowest BCUT2D eigenvalue weighted by Gasteiger charge is -2.31. The van der Waals surface area contributed by atoms with Crippen LogP contribution in [0.5, 0.6) is 0 Å². The zero-order valence-electron chi connectivity index (χ0n) is 12.4. The molecule has 0 saturated heterocycles. The maximum atomic E-state index is 12.6. The Morgan fingerprint density at radius 1 is 1.29 bits per heavy atom. The van der Waals surface area contributed by atoms with E-state index < -0.39 is 0 Å². The van der Waals surface area contributed by atoms with Gasteiger partial charge in [-0.05, 0) is 18.3 Å². The summed E-state index contributed by atoms with van der Waals surface area (Å²) in [5.74, 6) is 0. The second kappa shape index (κ2) is 5.91. The van der Waals surface area contributed by atoms with Crippen LogP contribution in [0.3, 0.4) is 0 Å². The third-order valence-corrected chi connectivity index (χ3v) is 5.86. The average Bonchev–Trinajstić information content (AvgIpc) is 2.73. The van der Waals surface area contributed by atoms with Crippen LogP contribution < -0.4 is 5.56 Å². The van der Waals surface area contributed by atoms with Crippen molar-refractivity contribution in [2.75, 3.05) is 5.33 Å². The van der Waals surface area contributed by atoms with E-state index in [1.54, 1.807) is 21.8 Å². The van der Waals surface area contributed by atoms with E-state index in [0.29, 0.717) is 11.0 Å². The Morgan fingerprint density at radius 3 is 2.67 bits per heavy atom. The molecule has 0 radical (unpaired) electrons. The molecule has 0 amide bonds. The van der Waals surface area contributed by atoms with Crippen LogP contribution in [-0.4, -0.2) is 24.7 Å². The fraction of sp³-hybridized carbons (Fsp3) is 0.667. The Balaban J connectivity index is 1.96. The number of hydrogen-bond donors (Lipinski definition) is 0. The van der Waals surface area contributed by atoms with Gasteiger partial charge in [0.25, 0.3) is 5.56 Å². The minimum Gasteiger partial charge on any atom is -0.298 e. The molecule has 2 aromatic rings. The Morgan fingerprint density at radius 2 is 2.00 bits per heavy atom. The highest BCUT2D eigenvalue weighted by Gasteiger charge is 2.31. The summed E-state index contributed by atoms with van der Waals surface area (Å²) in [5.41, 5.74) is 0.862. The van der Waals surface area contributed by atoms with Crippen molar-refractivity contribution >= 4 is 27.0 Å². The van der Waals surface area contributed by atoms with Crippen LogP contribution in [0, 0.1) is 5.41 Å². The SMILES string of the molecule is Cn1ncc2c(=O)n(CC3(CBr)CCCCCC3)cnc21. The molecule has 3 rings (SSSR count). The van der Waals surface area contributed by atoms with Gasteiger partial charge in [0.15, 0.2) is 5.65 Å². The van der Waals surface area contributed by atoms with Gasteiger partial charge in [0.2, 0.25) is 0 Å². The molecule has 21 heavy (non-hydrogen) atoms. The highest BCUT2D eigenvalue weighted by molar-refractivity contribution is 9.09. The standard InChI is InChI=1S/C15H21BrN4O/c1-19-13-12(8-18-19)14(21)20(11-17-13)10-15(9-16)6-4-2-3-5-7-15/h8,11H,2-7,9-10H2,1H3. The summed E-state index contributed by atoms with van der Waals surface area (Å²) < 4.78 is 3.42. The number of alkyl halides is 1. The normalized spacial score (nSPS) is 18.8. The molecule has 0 bridgehead atoms. The van der Waals surface area contributed by atoms with Crippen molar-refractivity contribution in [1.82, 2.24) is 19.3 Å². The number of rotatable bonds is 3. The zero-order chi connectivity index (χ0) is 14.9. The van der Waals surface area contributed by atoms with Gasteiger partial charge in [-0.15, -0.1) is 0 Å². The zero-order valence-corrected chi connectivity index (χ0v) is 14.0. The average molecular weight is 353 g/mol. The van der Waals surface area contributed by atoms with E-state index in [4.69, 9.17) is 0 Å². The maximum absolute atomic E-state index is 12.6. The van der Waals surface area contributed by atoms with Crippen molar-refractivity contribution in [2.24, 2.45) is 12.5 Å². The lowest BCUT2D eigenvalue weighted by molar-refractivity contribution is 0.239. The fourth-order valence-electron chi connectivity index (χ4n) is 3.35. The van der Waals surface area contributed by atoms with Gasteiger partial charge < -0.3 is 0 Å². The predicted octanol–water partition coefficient (Wildman–Crippen LogP) is 2.87. The molecule has 6 heteroatoms. The van der Waals surface area contributed by atoms with Crippen LogP contribution in [0.25, 0.3) is 11.0 Å². The molecule has 0 unspecified atom stereocenters. The third-order valence-electron chi connectivity index (χ3n) is 4.67. The van der Waals surface area contributed by atoms with Gasteiger partial charge in [-0.25, -0.2) is 4.98 Å². The van der Waals surface area contributed by atoms with Crippen LogP contribution >= 0.6 is 15.9 Å². The lowest BCUT2D eigenvalue weighted by Crippen LogP contribution is -2.33. The second-order valence-corrected chi connectivity index (χ2v) is 6.79. The number of aromatic nitrogens is 4. The van der Waals surface area contributed by atoms with Crippen LogP contribution in [0.2, 0.25) is 0 Å². The van der Waals surface area contributed by atoms with Gasteiger partial charge in [0.1, 0.15) is 5.39 Å². The second-order valence-electron chi connectivity index (χ2n) is 6.23. The van der Waals surface area contributed by atoms with Gasteiger partial charge in [-0.3, -0.25) is 14.0 Å². The molecule has 1 fully saturated rings. The van der Waals surface area contributed by atoms with E-state index in [9.17, 15) is 4.79 Å². The van der Waals surface area contributed by atoms with E-state index in [1.165, 1.54) is 38.5 Å². The molecule has 0 N–H and O–H groups in total. The molecule has 114 valence electrons. The van der Waals surface area contributed by atoms with E-state index in [-0.39, 0.29) is 11.0 Å². The van der Waals surface area contributed by atoms with E-state index in [2.05, 4.69) is 26.0 Å². The Kier molecular flexibility index (Phi) is 4.15. The quantitative estimate of drug-likeness (QED) is 0.630. The summed E-state index contributed by atoms with van der Waals surface area (Å²) in [6.07, 6.45) is 10.8. The molecular formula is C15H21BrN4O. The molecule has 1 aliphatic rings. The highest BCUT2D eigenvalue weighted by Crippen LogP contribution is 2.37. The molecule has 0 aromatic carbocycles. The molecule has 1 saturated carbocycles. The Bertz CT molecular complexity index is 683. The van der Waals surface area contributed by atoms with Crippen molar-refractivity contribution in [2.45, 2.75) is 45.1 Å². The van der Waals surface area contributed by atoms with E-state index in [0.717, 1.165) is 11.9 Å². The highest BCUT2D eigenvalue weighted by atomic mass is 79.9. The molecule has 0 aliphatic heterocycles. The summed E-state index contributed by atoms with van der Waals surface area (Å²) in [5, 5.41) is 5.68. The molecule has 0 atom stereocenters. The van der Waals surface area contributed by atoms with Gasteiger partial charge in [0, 0.05) is 18.9 Å². The Labute approximate surface area is 132 Å². The van der Waals surface area contributed by atoms with Crippen molar-refractivity contribution in [3.63, 3.8) is 0 Å². The topological polar surface area (TPSA) is 52.7 Å². The van der Waals surface area contributed by atoms with Crippen molar-refractivity contribution in [1.29, 1.82) is 0 Å². The molecule has 1 aliphatic carbocycles. The summed E-state index contributed by atoms with van der Waals surface area (Å²) in [6.45, 7) is 0.745. The van der Waals surface area contributed by atoms with Crippen molar-refractivity contribution < 1.29 is 0 Å². The summed E-state index contributed by atoms with van der Waals surface area (Å²) in [6, 6.07) is 0. The number of hydrogen-bond acceptors (Lipinski definition) is 3. The molecule has 0 spiro atoms. The Hall–Kier alpha value is -1.17. The van der Waals surface area contributed by atoms with Crippen LogP contribution in [0.4, 0.5) is 0 Å². The van der Waals surface area contributed by atoms with Crippen molar-refractivity contribution in [3.8, 4) is 0 Å². The van der Waals surface area contributed by atoms with Crippen LogP contribution in [0.1, 0.15) is 38.5 Å². The smallest absolute Gasteiger partial charge is 0.264 e. The third kappa shape index (κ3) is 2.78. The number of fused-ring (bicyclic) bond motifs is 1. The fourth-order valence-corrected chi connectivity index (χ4v) is 4.09. The minimum atomic E-state index is 0.0256. The monoisotopic (exact) mass is 352 g/mol. The van der Waals surface area contributed by atoms with E-state index >= 15 is 0 Å². The summed E-state index contributed by atoms with van der Waals surface area (Å²) in [4.78, 5) is 17.0. The van der Waals surface area contributed by atoms with Crippen LogP contribution in [-0.2, 0) is 13.6 Å². The molecular weight excluding hydrogens is 332 g/mol. The van der Waals surface area contributed by atoms with Gasteiger partial charge in [0.05, 0.1) is 12.5 Å². The van der Waals surface area contributed by atoms with Gasteiger partial charge in [-0.1, -0.05) is 41.6 Å². The predicted molar refractivity (Wildman–Crippen MR) is 86.7 cm³/mol. The lowest BCUT2D eigenvalue weighted by atomic mass is 9.82. The molecule has 2 aromatic heterocycles. The van der Waals surface area contributed by atoms with Gasteiger partial charge in [-0.2, -0.15) is 5.10 Å². The first-order valence-corrected chi connectivity index (χ1v) is 8.70.